The van der Waals surface area contributed by atoms with Crippen LogP contribution < -0.4 is 20.2 Å². The highest BCUT2D eigenvalue weighted by Crippen LogP contribution is 2.46. The van der Waals surface area contributed by atoms with Gasteiger partial charge in [0, 0.05) is 39.1 Å². The largest absolute Gasteiger partial charge is 0.454 e. The molecule has 1 aliphatic rings. The topological polar surface area (TPSA) is 19.6 Å². The van der Waals surface area contributed by atoms with Gasteiger partial charge in [-0.15, -0.1) is 0 Å². The van der Waals surface area contributed by atoms with E-state index in [-0.39, 0.29) is 0 Å². The minimum Gasteiger partial charge on any atom is -0.454 e. The first-order valence-electron chi connectivity index (χ1n) is 22.1. The molecule has 0 unspecified atom stereocenters. The van der Waals surface area contributed by atoms with Crippen LogP contribution in [0.15, 0.2) is 235 Å². The van der Waals surface area contributed by atoms with E-state index in [1.54, 1.807) is 0 Å². The summed E-state index contributed by atoms with van der Waals surface area (Å²) in [6, 6.07) is 83.6. The quantitative estimate of drug-likeness (QED) is 0.142. The van der Waals surface area contributed by atoms with E-state index in [9.17, 15) is 0 Å². The third-order valence-corrected chi connectivity index (χ3v) is 16.8. The SMILES string of the molecule is C[Si]1(C)c2cc(N(c3ccccc3)c3cccc4c3oc3ccccc34)ccc2-c2ccc(-c3ccc(N(c4ccccc4)c4ccccc4-c4ccccc4)cc3)c3cccc1c23. The minimum atomic E-state index is -2.23. The summed E-state index contributed by atoms with van der Waals surface area (Å²) in [5.74, 6) is 0. The van der Waals surface area contributed by atoms with Crippen LogP contribution in [-0.2, 0) is 0 Å². The van der Waals surface area contributed by atoms with Crippen molar-refractivity contribution in [2.45, 2.75) is 13.1 Å². The van der Waals surface area contributed by atoms with Crippen molar-refractivity contribution in [3.05, 3.63) is 231 Å². The highest BCUT2D eigenvalue weighted by molar-refractivity contribution is 7.03. The van der Waals surface area contributed by atoms with Crippen LogP contribution in [0.4, 0.5) is 34.1 Å². The lowest BCUT2D eigenvalue weighted by Crippen LogP contribution is -2.56. The van der Waals surface area contributed by atoms with Gasteiger partial charge in [0.1, 0.15) is 13.7 Å². The third kappa shape index (κ3) is 6.10. The highest BCUT2D eigenvalue weighted by atomic mass is 28.3. The van der Waals surface area contributed by atoms with Gasteiger partial charge >= 0.3 is 0 Å². The van der Waals surface area contributed by atoms with E-state index in [1.165, 1.54) is 54.5 Å². The lowest BCUT2D eigenvalue weighted by Gasteiger charge is -2.35. The third-order valence-electron chi connectivity index (χ3n) is 13.3. The standard InChI is InChI=1S/C60H44N2OSi/c1-64(2)57-31-17-26-51-47(42-32-34-45(35-33-42)61(43-20-8-4-9-21-43)54-28-14-12-24-48(54)41-18-6-3-7-19-41)38-39-52(59(51)57)50-37-36-46(40-58(50)64)62(44-22-10-5-11-23-44)55-29-16-27-53-49-25-13-15-30-56(49)63-60(53)55/h3-40H,1-2H3. The summed E-state index contributed by atoms with van der Waals surface area (Å²) >= 11 is 0. The Balaban J connectivity index is 0.964. The van der Waals surface area contributed by atoms with Crippen LogP contribution in [0.1, 0.15) is 0 Å². The molecule has 1 aromatic heterocycles. The van der Waals surface area contributed by atoms with Crippen LogP contribution in [0.25, 0.3) is 66.1 Å². The zero-order chi connectivity index (χ0) is 42.8. The Hall–Kier alpha value is -7.92. The van der Waals surface area contributed by atoms with E-state index in [0.717, 1.165) is 56.1 Å². The fourth-order valence-corrected chi connectivity index (χ4v) is 13.3. The Bertz CT molecular complexity index is 3520. The molecule has 0 radical (unpaired) electrons. The van der Waals surface area contributed by atoms with Gasteiger partial charge in [-0.05, 0) is 116 Å². The fraction of sp³-hybridized carbons (Fsp3) is 0.0333. The summed E-state index contributed by atoms with van der Waals surface area (Å²) in [7, 11) is -2.23. The van der Waals surface area contributed by atoms with Gasteiger partial charge in [0.25, 0.3) is 0 Å². The zero-order valence-corrected chi connectivity index (χ0v) is 36.7. The Morgan fingerprint density at radius 3 is 1.64 bits per heavy atom. The molecule has 0 bridgehead atoms. The molecule has 0 saturated heterocycles. The molecule has 304 valence electrons. The molecule has 4 heteroatoms. The molecule has 0 atom stereocenters. The number of hydrogen-bond acceptors (Lipinski definition) is 3. The van der Waals surface area contributed by atoms with Gasteiger partial charge in [0.05, 0.1) is 11.4 Å². The second-order valence-corrected chi connectivity index (χ2v) is 21.6. The van der Waals surface area contributed by atoms with Gasteiger partial charge in [-0.3, -0.25) is 0 Å². The maximum atomic E-state index is 6.64. The summed E-state index contributed by atoms with van der Waals surface area (Å²) in [4.78, 5) is 4.75. The second kappa shape index (κ2) is 15.2. The van der Waals surface area contributed by atoms with Crippen LogP contribution in [0.2, 0.25) is 13.1 Å². The Labute approximate surface area is 374 Å². The maximum absolute atomic E-state index is 6.64. The van der Waals surface area contributed by atoms with E-state index < -0.39 is 8.07 Å². The van der Waals surface area contributed by atoms with Crippen molar-refractivity contribution in [2.75, 3.05) is 9.80 Å². The van der Waals surface area contributed by atoms with E-state index in [2.05, 4.69) is 247 Å². The van der Waals surface area contributed by atoms with Gasteiger partial charge in [-0.25, -0.2) is 0 Å². The maximum Gasteiger partial charge on any atom is 0.159 e. The first-order valence-corrected chi connectivity index (χ1v) is 25.1. The van der Waals surface area contributed by atoms with Crippen LogP contribution >= 0.6 is 0 Å². The van der Waals surface area contributed by atoms with Crippen LogP contribution in [0.3, 0.4) is 0 Å². The number of anilines is 6. The monoisotopic (exact) mass is 836 g/mol. The average molecular weight is 837 g/mol. The summed E-state index contributed by atoms with van der Waals surface area (Å²) in [5, 5.41) is 7.85. The Morgan fingerprint density at radius 1 is 0.344 bits per heavy atom. The number of furan rings is 1. The van der Waals surface area contributed by atoms with Crippen molar-refractivity contribution in [2.24, 2.45) is 0 Å². The molecule has 12 rings (SSSR count). The number of fused-ring (bicyclic) bond motifs is 5. The van der Waals surface area contributed by atoms with Crippen LogP contribution in [0.5, 0.6) is 0 Å². The van der Waals surface area contributed by atoms with Crippen LogP contribution in [-0.4, -0.2) is 8.07 Å². The molecule has 10 aromatic carbocycles. The molecule has 0 N–H and O–H groups in total. The van der Waals surface area contributed by atoms with Crippen molar-refractivity contribution < 1.29 is 4.42 Å². The molecule has 0 fully saturated rings. The normalized spacial score (nSPS) is 12.7. The summed E-state index contributed by atoms with van der Waals surface area (Å²) in [6.45, 7) is 5.04. The Morgan fingerprint density at radius 2 is 0.875 bits per heavy atom. The van der Waals surface area contributed by atoms with Crippen molar-refractivity contribution in [3.8, 4) is 33.4 Å². The van der Waals surface area contributed by atoms with Crippen molar-refractivity contribution in [1.29, 1.82) is 0 Å². The van der Waals surface area contributed by atoms with Crippen LogP contribution in [0, 0.1) is 0 Å². The first-order chi connectivity index (χ1) is 31.5. The molecule has 0 spiro atoms. The molecule has 3 nitrogen and oxygen atoms in total. The molecular weight excluding hydrogens is 793 g/mol. The number of nitrogens with zero attached hydrogens (tertiary/aromatic N) is 2. The van der Waals surface area contributed by atoms with Gasteiger partial charge in [-0.2, -0.15) is 0 Å². The smallest absolute Gasteiger partial charge is 0.159 e. The fourth-order valence-electron chi connectivity index (χ4n) is 10.2. The predicted octanol–water partition coefficient (Wildman–Crippen LogP) is 15.8. The zero-order valence-electron chi connectivity index (χ0n) is 35.7. The molecule has 2 heterocycles. The average Bonchev–Trinajstić information content (AvgIpc) is 3.74. The number of rotatable bonds is 8. The van der Waals surface area contributed by atoms with Gasteiger partial charge in [-0.1, -0.05) is 177 Å². The molecule has 64 heavy (non-hydrogen) atoms. The van der Waals surface area contributed by atoms with E-state index in [0.29, 0.717) is 0 Å². The van der Waals surface area contributed by atoms with E-state index in [1.807, 2.05) is 6.07 Å². The lowest BCUT2D eigenvalue weighted by molar-refractivity contribution is 0.669. The summed E-state index contributed by atoms with van der Waals surface area (Å²) in [6.07, 6.45) is 0. The molecule has 0 saturated carbocycles. The van der Waals surface area contributed by atoms with Crippen molar-refractivity contribution in [1.82, 2.24) is 0 Å². The van der Waals surface area contributed by atoms with Gasteiger partial charge in [0.15, 0.2) is 5.58 Å². The molecule has 0 amide bonds. The lowest BCUT2D eigenvalue weighted by atomic mass is 9.91. The minimum absolute atomic E-state index is 0.891. The summed E-state index contributed by atoms with van der Waals surface area (Å²) in [5.41, 5.74) is 15.9. The number of benzene rings is 10. The second-order valence-electron chi connectivity index (χ2n) is 17.3. The number of para-hydroxylation sites is 5. The van der Waals surface area contributed by atoms with E-state index in [4.69, 9.17) is 4.42 Å². The summed E-state index contributed by atoms with van der Waals surface area (Å²) < 4.78 is 6.64. The molecular formula is C60H44N2OSi. The molecule has 11 aromatic rings. The van der Waals surface area contributed by atoms with Crippen molar-refractivity contribution >= 4 is 85.3 Å². The molecule has 0 aliphatic carbocycles. The van der Waals surface area contributed by atoms with Gasteiger partial charge in [0.2, 0.25) is 0 Å². The van der Waals surface area contributed by atoms with E-state index >= 15 is 0 Å². The molecule has 1 aliphatic heterocycles. The Kier molecular flexibility index (Phi) is 8.96. The first kappa shape index (κ1) is 37.8. The van der Waals surface area contributed by atoms with Crippen molar-refractivity contribution in [3.63, 3.8) is 0 Å². The van der Waals surface area contributed by atoms with Gasteiger partial charge < -0.3 is 14.2 Å². The predicted molar refractivity (Wildman–Crippen MR) is 274 cm³/mol. The number of hydrogen-bond donors (Lipinski definition) is 0. The highest BCUT2D eigenvalue weighted by Gasteiger charge is 2.36.